The van der Waals surface area contributed by atoms with Gasteiger partial charge in [0.15, 0.2) is 0 Å². The van der Waals surface area contributed by atoms with Crippen molar-refractivity contribution in [3.05, 3.63) is 94.0 Å². The Morgan fingerprint density at radius 3 is 1.63 bits per heavy atom. The van der Waals surface area contributed by atoms with Crippen LogP contribution in [0, 0.1) is 6.92 Å². The molecule has 3 aromatic rings. The summed E-state index contributed by atoms with van der Waals surface area (Å²) in [5, 5.41) is 18.7. The van der Waals surface area contributed by atoms with E-state index in [1.807, 2.05) is 37.3 Å². The first-order valence-corrected chi connectivity index (χ1v) is 8.48. The predicted octanol–water partition coefficient (Wildman–Crippen LogP) is 4.96. The zero-order chi connectivity index (χ0) is 19.1. The fraction of sp³-hybridized carbons (Fsp3) is 0.0435. The van der Waals surface area contributed by atoms with Crippen molar-refractivity contribution in [2.24, 2.45) is 0 Å². The fourth-order valence-corrected chi connectivity index (χ4v) is 3.40. The van der Waals surface area contributed by atoms with Gasteiger partial charge < -0.3 is 10.2 Å². The zero-order valence-corrected chi connectivity index (χ0v) is 14.6. The first-order valence-electron chi connectivity index (χ1n) is 8.48. The van der Waals surface area contributed by atoms with Crippen molar-refractivity contribution in [1.29, 1.82) is 0 Å². The average molecular weight is 356 g/mol. The number of fused-ring (bicyclic) bond motifs is 3. The second kappa shape index (κ2) is 6.25. The van der Waals surface area contributed by atoms with E-state index in [9.17, 15) is 19.8 Å². The molecule has 27 heavy (non-hydrogen) atoms. The van der Waals surface area contributed by atoms with Gasteiger partial charge >= 0.3 is 11.9 Å². The van der Waals surface area contributed by atoms with Crippen molar-refractivity contribution >= 4 is 23.6 Å². The van der Waals surface area contributed by atoms with Gasteiger partial charge in [-0.3, -0.25) is 0 Å². The van der Waals surface area contributed by atoms with Crippen LogP contribution in [0.2, 0.25) is 0 Å². The molecule has 0 saturated heterocycles. The summed E-state index contributed by atoms with van der Waals surface area (Å²) in [6.45, 7) is 2.01. The molecule has 0 atom stereocenters. The molecule has 4 nitrogen and oxygen atoms in total. The molecule has 1 aliphatic carbocycles. The molecule has 3 aromatic carbocycles. The fourth-order valence-electron chi connectivity index (χ4n) is 3.40. The maximum absolute atomic E-state index is 11.4. The molecule has 0 saturated carbocycles. The van der Waals surface area contributed by atoms with E-state index in [0.717, 1.165) is 39.0 Å². The smallest absolute Gasteiger partial charge is 0.335 e. The second-order valence-electron chi connectivity index (χ2n) is 6.60. The van der Waals surface area contributed by atoms with Crippen LogP contribution in [-0.4, -0.2) is 22.2 Å². The van der Waals surface area contributed by atoms with E-state index in [0.29, 0.717) is 0 Å². The van der Waals surface area contributed by atoms with Gasteiger partial charge in [0.2, 0.25) is 0 Å². The van der Waals surface area contributed by atoms with E-state index >= 15 is 0 Å². The first kappa shape index (κ1) is 16.8. The largest absolute Gasteiger partial charge is 0.478 e. The standard InChI is InChI=1S/C23H16O4/c1-13-2-4-14(5-3-13)10-19-20-11-15(22(24)25)6-8-17(20)18-9-7-16(23(26)27)12-21(18)19/h2-12H,1H3,(H,24,25)(H,26,27). The summed E-state index contributed by atoms with van der Waals surface area (Å²) in [6, 6.07) is 18.0. The molecule has 1 aliphatic rings. The zero-order valence-electron chi connectivity index (χ0n) is 14.6. The van der Waals surface area contributed by atoms with Crippen LogP contribution in [0.3, 0.4) is 0 Å². The maximum Gasteiger partial charge on any atom is 0.335 e. The maximum atomic E-state index is 11.4. The highest BCUT2D eigenvalue weighted by molar-refractivity contribution is 6.09. The van der Waals surface area contributed by atoms with E-state index in [-0.39, 0.29) is 11.1 Å². The van der Waals surface area contributed by atoms with E-state index in [1.54, 1.807) is 36.4 Å². The summed E-state index contributed by atoms with van der Waals surface area (Å²) in [7, 11) is 0. The van der Waals surface area contributed by atoms with Gasteiger partial charge in [-0.2, -0.15) is 0 Å². The number of carboxylic acid groups (broad SMARTS) is 2. The normalized spacial score (nSPS) is 11.7. The molecule has 132 valence electrons. The highest BCUT2D eigenvalue weighted by atomic mass is 16.4. The third-order valence-electron chi connectivity index (χ3n) is 4.79. The molecule has 0 heterocycles. The van der Waals surface area contributed by atoms with Crippen molar-refractivity contribution in [3.8, 4) is 11.1 Å². The average Bonchev–Trinajstić information content (AvgIpc) is 2.96. The third-order valence-corrected chi connectivity index (χ3v) is 4.79. The third kappa shape index (κ3) is 2.91. The summed E-state index contributed by atoms with van der Waals surface area (Å²) in [6.07, 6.45) is 1.97. The van der Waals surface area contributed by atoms with E-state index in [4.69, 9.17) is 0 Å². The number of rotatable bonds is 3. The van der Waals surface area contributed by atoms with Crippen LogP contribution in [-0.2, 0) is 0 Å². The second-order valence-corrected chi connectivity index (χ2v) is 6.60. The molecule has 0 amide bonds. The topological polar surface area (TPSA) is 74.6 Å². The van der Waals surface area contributed by atoms with Gasteiger partial charge in [0.05, 0.1) is 11.1 Å². The van der Waals surface area contributed by atoms with Gasteiger partial charge in [-0.15, -0.1) is 0 Å². The van der Waals surface area contributed by atoms with E-state index in [1.165, 1.54) is 0 Å². The van der Waals surface area contributed by atoms with Gasteiger partial charge in [-0.25, -0.2) is 9.59 Å². The van der Waals surface area contributed by atoms with Crippen LogP contribution < -0.4 is 0 Å². The Morgan fingerprint density at radius 1 is 0.704 bits per heavy atom. The molecule has 0 fully saturated rings. The lowest BCUT2D eigenvalue weighted by Crippen LogP contribution is -1.97. The molecule has 0 aliphatic heterocycles. The Balaban J connectivity index is 1.97. The summed E-state index contributed by atoms with van der Waals surface area (Å²) < 4.78 is 0. The Morgan fingerprint density at radius 2 is 1.19 bits per heavy atom. The van der Waals surface area contributed by atoms with Crippen LogP contribution in [0.4, 0.5) is 0 Å². The lowest BCUT2D eigenvalue weighted by Gasteiger charge is -2.06. The molecular weight excluding hydrogens is 340 g/mol. The van der Waals surface area contributed by atoms with Crippen LogP contribution >= 0.6 is 0 Å². The quantitative estimate of drug-likeness (QED) is 0.544. The van der Waals surface area contributed by atoms with Gasteiger partial charge in [0.25, 0.3) is 0 Å². The predicted molar refractivity (Wildman–Crippen MR) is 104 cm³/mol. The Kier molecular flexibility index (Phi) is 3.89. The minimum absolute atomic E-state index is 0.204. The number of hydrogen-bond acceptors (Lipinski definition) is 2. The van der Waals surface area contributed by atoms with Crippen LogP contribution in [0.5, 0.6) is 0 Å². The van der Waals surface area contributed by atoms with Crippen molar-refractivity contribution in [2.45, 2.75) is 6.92 Å². The number of aryl methyl sites for hydroxylation is 1. The lowest BCUT2D eigenvalue weighted by molar-refractivity contribution is 0.0686. The monoisotopic (exact) mass is 356 g/mol. The van der Waals surface area contributed by atoms with Crippen molar-refractivity contribution < 1.29 is 19.8 Å². The van der Waals surface area contributed by atoms with Crippen LogP contribution in [0.25, 0.3) is 22.8 Å². The molecule has 0 spiro atoms. The van der Waals surface area contributed by atoms with Gasteiger partial charge in [-0.1, -0.05) is 42.0 Å². The van der Waals surface area contributed by atoms with E-state index < -0.39 is 11.9 Å². The summed E-state index contributed by atoms with van der Waals surface area (Å²) in [5.74, 6) is -1.98. The molecule has 4 heteroatoms. The number of hydrogen-bond donors (Lipinski definition) is 2. The molecule has 0 aromatic heterocycles. The van der Waals surface area contributed by atoms with Crippen LogP contribution in [0.15, 0.2) is 60.7 Å². The number of carbonyl (C=O) groups is 2. The SMILES string of the molecule is Cc1ccc(C=C2c3cc(C(=O)O)ccc3-c3ccc(C(=O)O)cc32)cc1. The lowest BCUT2D eigenvalue weighted by atomic mass is 9.98. The van der Waals surface area contributed by atoms with E-state index in [2.05, 4.69) is 0 Å². The molecule has 0 radical (unpaired) electrons. The molecular formula is C23H16O4. The van der Waals surface area contributed by atoms with Crippen molar-refractivity contribution in [3.63, 3.8) is 0 Å². The minimum atomic E-state index is -0.991. The molecule has 0 bridgehead atoms. The Hall–Kier alpha value is -3.66. The highest BCUT2D eigenvalue weighted by Gasteiger charge is 2.25. The summed E-state index contributed by atoms with van der Waals surface area (Å²) >= 11 is 0. The summed E-state index contributed by atoms with van der Waals surface area (Å²) in [4.78, 5) is 22.8. The first-order chi connectivity index (χ1) is 12.9. The molecule has 4 rings (SSSR count). The molecule has 0 unspecified atom stereocenters. The highest BCUT2D eigenvalue weighted by Crippen LogP contribution is 2.45. The van der Waals surface area contributed by atoms with Gasteiger partial charge in [-0.05, 0) is 70.7 Å². The van der Waals surface area contributed by atoms with Gasteiger partial charge in [0.1, 0.15) is 0 Å². The number of aromatic carboxylic acids is 2. The van der Waals surface area contributed by atoms with Gasteiger partial charge in [0, 0.05) is 0 Å². The van der Waals surface area contributed by atoms with Crippen molar-refractivity contribution in [1.82, 2.24) is 0 Å². The summed E-state index contributed by atoms with van der Waals surface area (Å²) in [5.41, 5.74) is 6.76. The van der Waals surface area contributed by atoms with Crippen LogP contribution in [0.1, 0.15) is 43.0 Å². The Labute approximate surface area is 156 Å². The molecule has 2 N–H and O–H groups in total. The minimum Gasteiger partial charge on any atom is -0.478 e. The Bertz CT molecular complexity index is 1060. The number of carboxylic acids is 2. The van der Waals surface area contributed by atoms with Crippen molar-refractivity contribution in [2.75, 3.05) is 0 Å². The number of benzene rings is 3.